The maximum atomic E-state index is 9.31. The highest BCUT2D eigenvalue weighted by molar-refractivity contribution is 14.1. The van der Waals surface area contributed by atoms with Crippen LogP contribution in [0.4, 0.5) is 0 Å². The average molecular weight is 266 g/mol. The molecule has 0 bridgehead atoms. The van der Waals surface area contributed by atoms with Crippen LogP contribution in [0.1, 0.15) is 6.92 Å². The van der Waals surface area contributed by atoms with Gasteiger partial charge >= 0.3 is 0 Å². The highest BCUT2D eigenvalue weighted by atomic mass is 127. The minimum atomic E-state index is -0.351. The zero-order valence-electron chi connectivity index (χ0n) is 6.27. The van der Waals surface area contributed by atoms with Crippen molar-refractivity contribution in [2.75, 3.05) is 0 Å². The Morgan fingerprint density at radius 3 is 2.55 bits per heavy atom. The van der Waals surface area contributed by atoms with Crippen LogP contribution in [0.2, 0.25) is 0 Å². The van der Waals surface area contributed by atoms with Crippen molar-refractivity contribution in [1.82, 2.24) is 0 Å². The van der Waals surface area contributed by atoms with E-state index in [1.807, 2.05) is 47.3 Å². The first-order valence-electron chi connectivity index (χ1n) is 3.56. The van der Waals surface area contributed by atoms with E-state index in [-0.39, 0.29) is 18.1 Å². The van der Waals surface area contributed by atoms with Crippen molar-refractivity contribution in [2.24, 2.45) is 5.92 Å². The van der Waals surface area contributed by atoms with Gasteiger partial charge in [0, 0.05) is 5.92 Å². The summed E-state index contributed by atoms with van der Waals surface area (Å²) in [6.45, 7) is 1.77. The van der Waals surface area contributed by atoms with Gasteiger partial charge in [-0.3, -0.25) is 0 Å². The molecule has 3 atom stereocenters. The van der Waals surface area contributed by atoms with Gasteiger partial charge in [-0.05, 0) is 6.92 Å². The summed E-state index contributed by atoms with van der Waals surface area (Å²) in [7, 11) is 0. The molecule has 0 heterocycles. The summed E-state index contributed by atoms with van der Waals surface area (Å²) in [5, 5.41) is 9.31. The molecule has 3 unspecified atom stereocenters. The van der Waals surface area contributed by atoms with Crippen LogP contribution in [-0.4, -0.2) is 17.3 Å². The van der Waals surface area contributed by atoms with E-state index in [2.05, 4.69) is 0 Å². The number of rotatable bonds is 2. The van der Waals surface area contributed by atoms with E-state index in [9.17, 15) is 5.11 Å². The summed E-state index contributed by atoms with van der Waals surface area (Å²) in [4.78, 5) is 0. The van der Waals surface area contributed by atoms with E-state index in [0.29, 0.717) is 0 Å². The van der Waals surface area contributed by atoms with E-state index < -0.39 is 0 Å². The first-order chi connectivity index (χ1) is 5.25. The highest BCUT2D eigenvalue weighted by Crippen LogP contribution is 2.21. The Morgan fingerprint density at radius 2 is 2.09 bits per heavy atom. The average Bonchev–Trinajstić information content (AvgIpc) is 2.04. The lowest BCUT2D eigenvalue weighted by Crippen LogP contribution is -2.28. The van der Waals surface area contributed by atoms with Gasteiger partial charge in [0.2, 0.25) is 0 Å². The molecular formula is C8H11IO2. The van der Waals surface area contributed by atoms with Crippen LogP contribution in [-0.2, 0) is 3.07 Å². The molecule has 0 aromatic rings. The first kappa shape index (κ1) is 9.22. The second-order valence-electron chi connectivity index (χ2n) is 2.64. The molecule has 0 radical (unpaired) electrons. The molecule has 62 valence electrons. The molecule has 1 rings (SSSR count). The van der Waals surface area contributed by atoms with Crippen LogP contribution in [0.5, 0.6) is 0 Å². The Hall–Kier alpha value is 0.130. The van der Waals surface area contributed by atoms with Gasteiger partial charge in [0.1, 0.15) is 23.0 Å². The highest BCUT2D eigenvalue weighted by Gasteiger charge is 2.22. The molecule has 0 aromatic heterocycles. The summed E-state index contributed by atoms with van der Waals surface area (Å²) >= 11 is 1.86. The fourth-order valence-corrected chi connectivity index (χ4v) is 1.64. The molecule has 0 aliphatic heterocycles. The number of hydrogen-bond acceptors (Lipinski definition) is 2. The third-order valence-corrected chi connectivity index (χ3v) is 2.37. The molecule has 11 heavy (non-hydrogen) atoms. The lowest BCUT2D eigenvalue weighted by Gasteiger charge is -2.23. The fourth-order valence-electron chi connectivity index (χ4n) is 1.13. The Kier molecular flexibility index (Phi) is 3.54. The normalized spacial score (nSPS) is 32.3. The van der Waals surface area contributed by atoms with Crippen molar-refractivity contribution >= 4 is 23.0 Å². The minimum Gasteiger partial charge on any atom is -0.393 e. The Bertz CT molecular complexity index is 175. The number of halogens is 1. The van der Waals surface area contributed by atoms with Gasteiger partial charge < -0.3 is 8.17 Å². The number of aliphatic hydroxyl groups is 1. The number of hydrogen-bond donors (Lipinski definition) is 1. The maximum Gasteiger partial charge on any atom is 0.110 e. The molecule has 3 heteroatoms. The summed E-state index contributed by atoms with van der Waals surface area (Å²) in [6.07, 6.45) is 7.44. The molecule has 0 saturated carbocycles. The van der Waals surface area contributed by atoms with E-state index in [0.717, 1.165) is 0 Å². The van der Waals surface area contributed by atoms with Gasteiger partial charge in [-0.1, -0.05) is 24.3 Å². The molecule has 0 aromatic carbocycles. The third-order valence-electron chi connectivity index (χ3n) is 1.78. The first-order valence-corrected chi connectivity index (χ1v) is 4.44. The van der Waals surface area contributed by atoms with Crippen molar-refractivity contribution in [1.29, 1.82) is 0 Å². The molecule has 1 aliphatic carbocycles. The van der Waals surface area contributed by atoms with Gasteiger partial charge in [-0.15, -0.1) is 0 Å². The smallest absolute Gasteiger partial charge is 0.110 e. The topological polar surface area (TPSA) is 29.5 Å². The van der Waals surface area contributed by atoms with Gasteiger partial charge in [0.25, 0.3) is 0 Å². The molecule has 1 aliphatic rings. The molecule has 0 spiro atoms. The monoisotopic (exact) mass is 266 g/mol. The van der Waals surface area contributed by atoms with Crippen LogP contribution in [0.25, 0.3) is 0 Å². The molecule has 0 fully saturated rings. The molecule has 1 N–H and O–H groups in total. The van der Waals surface area contributed by atoms with E-state index >= 15 is 0 Å². The number of allylic oxidation sites excluding steroid dienone is 2. The maximum absolute atomic E-state index is 9.31. The second-order valence-corrected chi connectivity index (χ2v) is 3.15. The SMILES string of the molecule is CC(O)C1C=CC=CC1OI. The molecular weight excluding hydrogens is 255 g/mol. The predicted octanol–water partition coefficient (Wildman–Crippen LogP) is 1.84. The van der Waals surface area contributed by atoms with Crippen LogP contribution in [0.3, 0.4) is 0 Å². The zero-order valence-corrected chi connectivity index (χ0v) is 8.43. The van der Waals surface area contributed by atoms with Gasteiger partial charge in [-0.2, -0.15) is 0 Å². The van der Waals surface area contributed by atoms with Crippen molar-refractivity contribution in [3.63, 3.8) is 0 Å². The fraction of sp³-hybridized carbons (Fsp3) is 0.500. The van der Waals surface area contributed by atoms with E-state index in [1.165, 1.54) is 0 Å². The van der Waals surface area contributed by atoms with Gasteiger partial charge in [0.15, 0.2) is 0 Å². The van der Waals surface area contributed by atoms with Crippen LogP contribution < -0.4 is 0 Å². The summed E-state index contributed by atoms with van der Waals surface area (Å²) in [5.41, 5.74) is 0. The Labute approximate surface area is 80.6 Å². The van der Waals surface area contributed by atoms with Crippen LogP contribution >= 0.6 is 23.0 Å². The second kappa shape index (κ2) is 4.23. The van der Waals surface area contributed by atoms with Crippen molar-refractivity contribution in [2.45, 2.75) is 19.1 Å². The van der Waals surface area contributed by atoms with Gasteiger partial charge in [-0.25, -0.2) is 0 Å². The van der Waals surface area contributed by atoms with E-state index in [1.54, 1.807) is 6.92 Å². The van der Waals surface area contributed by atoms with E-state index in [4.69, 9.17) is 3.07 Å². The van der Waals surface area contributed by atoms with Crippen LogP contribution in [0, 0.1) is 5.92 Å². The Balaban J connectivity index is 2.63. The minimum absolute atomic E-state index is 0.0144. The third kappa shape index (κ3) is 2.28. The Morgan fingerprint density at radius 1 is 1.45 bits per heavy atom. The summed E-state index contributed by atoms with van der Waals surface area (Å²) in [6, 6.07) is 0. The van der Waals surface area contributed by atoms with Crippen molar-refractivity contribution < 1.29 is 8.17 Å². The van der Waals surface area contributed by atoms with Crippen molar-refractivity contribution in [3.05, 3.63) is 24.3 Å². The number of aliphatic hydroxyl groups excluding tert-OH is 1. The quantitative estimate of drug-likeness (QED) is 0.773. The zero-order chi connectivity index (χ0) is 8.27. The molecule has 2 nitrogen and oxygen atoms in total. The molecule has 0 amide bonds. The van der Waals surface area contributed by atoms with Crippen LogP contribution in [0.15, 0.2) is 24.3 Å². The molecule has 0 saturated heterocycles. The van der Waals surface area contributed by atoms with Crippen molar-refractivity contribution in [3.8, 4) is 0 Å². The standard InChI is InChI=1S/C8H11IO2/c1-6(10)7-4-2-3-5-8(7)11-9/h2-8,10H,1H3. The summed E-state index contributed by atoms with van der Waals surface area (Å²) < 4.78 is 5.14. The lowest BCUT2D eigenvalue weighted by atomic mass is 9.93. The lowest BCUT2D eigenvalue weighted by molar-refractivity contribution is 0.102. The van der Waals surface area contributed by atoms with Gasteiger partial charge in [0.05, 0.1) is 12.2 Å². The predicted molar refractivity (Wildman–Crippen MR) is 52.3 cm³/mol. The summed E-state index contributed by atoms with van der Waals surface area (Å²) in [5.74, 6) is 0.0944. The largest absolute Gasteiger partial charge is 0.393 e.